The number of nitrogens with zero attached hydrogens (tertiary/aromatic N) is 1. The molecular formula is C14H16Cl2N2O2. The second-order valence-corrected chi connectivity index (χ2v) is 6.06. The van der Waals surface area contributed by atoms with Crippen LogP contribution in [0.1, 0.15) is 19.4 Å². The summed E-state index contributed by atoms with van der Waals surface area (Å²) in [5.41, 5.74) is 0.779. The van der Waals surface area contributed by atoms with Crippen molar-refractivity contribution in [2.45, 2.75) is 26.4 Å². The van der Waals surface area contributed by atoms with Gasteiger partial charge in [-0.25, -0.2) is 0 Å². The Bertz CT molecular complexity index is 546. The number of rotatable bonds is 3. The molecule has 1 aliphatic rings. The number of hydrogen-bond acceptors (Lipinski definition) is 2. The maximum Gasteiger partial charge on any atom is 0.246 e. The predicted molar refractivity (Wildman–Crippen MR) is 78.6 cm³/mol. The van der Waals surface area contributed by atoms with Crippen molar-refractivity contribution in [3.05, 3.63) is 33.8 Å². The van der Waals surface area contributed by atoms with Gasteiger partial charge in [0.2, 0.25) is 11.8 Å². The lowest BCUT2D eigenvalue weighted by Gasteiger charge is -2.34. The van der Waals surface area contributed by atoms with E-state index < -0.39 is 6.04 Å². The van der Waals surface area contributed by atoms with Gasteiger partial charge < -0.3 is 10.2 Å². The molecule has 1 atom stereocenters. The smallest absolute Gasteiger partial charge is 0.246 e. The van der Waals surface area contributed by atoms with E-state index in [1.807, 2.05) is 13.8 Å². The average molecular weight is 315 g/mol. The number of carbonyl (C=O) groups excluding carboxylic acids is 2. The van der Waals surface area contributed by atoms with E-state index in [0.717, 1.165) is 5.56 Å². The lowest BCUT2D eigenvalue weighted by atomic mass is 10.0. The SMILES string of the molecule is CC(C)C1NC(=O)CN(Cc2ccc(Cl)cc2Cl)C1=O. The molecule has 1 saturated heterocycles. The number of halogens is 2. The molecule has 6 heteroatoms. The topological polar surface area (TPSA) is 49.4 Å². The van der Waals surface area contributed by atoms with E-state index in [1.165, 1.54) is 4.90 Å². The number of nitrogens with one attached hydrogen (secondary N) is 1. The average Bonchev–Trinajstić information content (AvgIpc) is 2.36. The van der Waals surface area contributed by atoms with Crippen LogP contribution in [0.25, 0.3) is 0 Å². The van der Waals surface area contributed by atoms with E-state index in [2.05, 4.69) is 5.32 Å². The molecule has 1 aromatic rings. The third-order valence-electron chi connectivity index (χ3n) is 3.27. The van der Waals surface area contributed by atoms with Crippen LogP contribution in [0.4, 0.5) is 0 Å². The summed E-state index contributed by atoms with van der Waals surface area (Å²) in [5.74, 6) is -0.172. The molecule has 0 bridgehead atoms. The number of piperazine rings is 1. The monoisotopic (exact) mass is 314 g/mol. The fourth-order valence-corrected chi connectivity index (χ4v) is 2.64. The lowest BCUT2D eigenvalue weighted by Crippen LogP contribution is -2.59. The van der Waals surface area contributed by atoms with E-state index in [4.69, 9.17) is 23.2 Å². The maximum atomic E-state index is 12.3. The Morgan fingerprint density at radius 1 is 1.35 bits per heavy atom. The molecule has 2 amide bonds. The van der Waals surface area contributed by atoms with Crippen LogP contribution in [0.2, 0.25) is 10.0 Å². The summed E-state index contributed by atoms with van der Waals surface area (Å²) in [4.78, 5) is 25.6. The van der Waals surface area contributed by atoms with Crippen molar-refractivity contribution in [1.29, 1.82) is 0 Å². The predicted octanol–water partition coefficient (Wildman–Crippen LogP) is 2.48. The molecule has 20 heavy (non-hydrogen) atoms. The molecule has 0 spiro atoms. The maximum absolute atomic E-state index is 12.3. The largest absolute Gasteiger partial charge is 0.343 e. The van der Waals surface area contributed by atoms with Crippen LogP contribution >= 0.6 is 23.2 Å². The Kier molecular flexibility index (Phi) is 4.55. The summed E-state index contributed by atoms with van der Waals surface area (Å²) in [6.07, 6.45) is 0. The first-order chi connectivity index (χ1) is 9.38. The summed E-state index contributed by atoms with van der Waals surface area (Å²) in [7, 11) is 0. The molecule has 0 saturated carbocycles. The van der Waals surface area contributed by atoms with E-state index >= 15 is 0 Å². The molecule has 0 aromatic heterocycles. The number of hydrogen-bond donors (Lipinski definition) is 1. The molecule has 1 fully saturated rings. The Balaban J connectivity index is 2.19. The second-order valence-electron chi connectivity index (χ2n) is 5.22. The molecule has 2 rings (SSSR count). The van der Waals surface area contributed by atoms with E-state index in [9.17, 15) is 9.59 Å². The minimum atomic E-state index is -0.470. The van der Waals surface area contributed by atoms with Crippen LogP contribution in [0, 0.1) is 5.92 Å². The van der Waals surface area contributed by atoms with Gasteiger partial charge in [0.05, 0.1) is 6.54 Å². The van der Waals surface area contributed by atoms with Gasteiger partial charge in [0.15, 0.2) is 0 Å². The lowest BCUT2D eigenvalue weighted by molar-refractivity contribution is -0.146. The van der Waals surface area contributed by atoms with Crippen LogP contribution in [0.3, 0.4) is 0 Å². The number of carbonyl (C=O) groups is 2. The summed E-state index contributed by atoms with van der Waals surface area (Å²) in [5, 5.41) is 3.76. The van der Waals surface area contributed by atoms with Crippen LogP contribution < -0.4 is 5.32 Å². The summed E-state index contributed by atoms with van der Waals surface area (Å²) in [6.45, 7) is 4.18. The first kappa shape index (κ1) is 15.1. The van der Waals surface area contributed by atoms with Crippen molar-refractivity contribution in [2.75, 3.05) is 6.54 Å². The Morgan fingerprint density at radius 3 is 2.65 bits per heavy atom. The van der Waals surface area contributed by atoms with Gasteiger partial charge in [-0.1, -0.05) is 43.1 Å². The van der Waals surface area contributed by atoms with E-state index in [0.29, 0.717) is 16.6 Å². The summed E-state index contributed by atoms with van der Waals surface area (Å²) < 4.78 is 0. The third-order valence-corrected chi connectivity index (χ3v) is 3.86. The first-order valence-corrected chi connectivity index (χ1v) is 7.16. The number of amides is 2. The Morgan fingerprint density at radius 2 is 2.05 bits per heavy atom. The van der Waals surface area contributed by atoms with Crippen LogP contribution in [0.15, 0.2) is 18.2 Å². The molecule has 4 nitrogen and oxygen atoms in total. The van der Waals surface area contributed by atoms with Gasteiger partial charge in [-0.05, 0) is 23.6 Å². The standard InChI is InChI=1S/C14H16Cl2N2O2/c1-8(2)13-14(20)18(7-12(19)17-13)6-9-3-4-10(15)5-11(9)16/h3-5,8,13H,6-7H2,1-2H3,(H,17,19). The number of benzene rings is 1. The molecule has 1 aromatic carbocycles. The van der Waals surface area contributed by atoms with Gasteiger partial charge in [-0.15, -0.1) is 0 Å². The van der Waals surface area contributed by atoms with Gasteiger partial charge >= 0.3 is 0 Å². The van der Waals surface area contributed by atoms with Gasteiger partial charge in [0.25, 0.3) is 0 Å². The molecular weight excluding hydrogens is 299 g/mol. The zero-order chi connectivity index (χ0) is 14.9. The molecule has 1 aliphatic heterocycles. The molecule has 108 valence electrons. The quantitative estimate of drug-likeness (QED) is 0.931. The summed E-state index contributed by atoms with van der Waals surface area (Å²) >= 11 is 12.0. The van der Waals surface area contributed by atoms with Crippen LogP contribution in [0.5, 0.6) is 0 Å². The highest BCUT2D eigenvalue weighted by Crippen LogP contribution is 2.23. The Hall–Kier alpha value is -1.26. The zero-order valence-corrected chi connectivity index (χ0v) is 12.8. The summed E-state index contributed by atoms with van der Waals surface area (Å²) in [6, 6.07) is 4.65. The van der Waals surface area contributed by atoms with Crippen molar-refractivity contribution >= 4 is 35.0 Å². The minimum absolute atomic E-state index is 0.0509. The van der Waals surface area contributed by atoms with Crippen molar-refractivity contribution in [3.63, 3.8) is 0 Å². The van der Waals surface area contributed by atoms with E-state index in [-0.39, 0.29) is 24.3 Å². The third kappa shape index (κ3) is 3.25. The van der Waals surface area contributed by atoms with E-state index in [1.54, 1.807) is 18.2 Å². The van der Waals surface area contributed by atoms with Crippen molar-refractivity contribution < 1.29 is 9.59 Å². The first-order valence-electron chi connectivity index (χ1n) is 6.40. The Labute approximate surface area is 128 Å². The molecule has 1 unspecified atom stereocenters. The highest BCUT2D eigenvalue weighted by atomic mass is 35.5. The molecule has 0 radical (unpaired) electrons. The van der Waals surface area contributed by atoms with Crippen molar-refractivity contribution in [1.82, 2.24) is 10.2 Å². The van der Waals surface area contributed by atoms with Gasteiger partial charge in [0, 0.05) is 16.6 Å². The van der Waals surface area contributed by atoms with Gasteiger partial charge in [-0.3, -0.25) is 9.59 Å². The minimum Gasteiger partial charge on any atom is -0.343 e. The van der Waals surface area contributed by atoms with Gasteiger partial charge in [0.1, 0.15) is 6.04 Å². The fraction of sp³-hybridized carbons (Fsp3) is 0.429. The highest BCUT2D eigenvalue weighted by Gasteiger charge is 2.34. The fourth-order valence-electron chi connectivity index (χ4n) is 2.17. The van der Waals surface area contributed by atoms with Crippen LogP contribution in [-0.4, -0.2) is 29.3 Å². The highest BCUT2D eigenvalue weighted by molar-refractivity contribution is 6.35. The van der Waals surface area contributed by atoms with Crippen molar-refractivity contribution in [2.24, 2.45) is 5.92 Å². The second kappa shape index (κ2) is 6.02. The molecule has 1 heterocycles. The zero-order valence-electron chi connectivity index (χ0n) is 11.3. The molecule has 0 aliphatic carbocycles. The normalized spacial score (nSPS) is 19.4. The van der Waals surface area contributed by atoms with Crippen LogP contribution in [-0.2, 0) is 16.1 Å². The van der Waals surface area contributed by atoms with Gasteiger partial charge in [-0.2, -0.15) is 0 Å². The van der Waals surface area contributed by atoms with Crippen molar-refractivity contribution in [3.8, 4) is 0 Å². The molecule has 1 N–H and O–H groups in total.